The highest BCUT2D eigenvalue weighted by Gasteiger charge is 2.20. The molecule has 4 nitrogen and oxygen atoms in total. The average Bonchev–Trinajstić information content (AvgIpc) is 2.38. The summed E-state index contributed by atoms with van der Waals surface area (Å²) in [5.41, 5.74) is 5.23. The van der Waals surface area contributed by atoms with Gasteiger partial charge >= 0.3 is 0 Å². The van der Waals surface area contributed by atoms with Crippen molar-refractivity contribution >= 4 is 44.5 Å². The number of thiocarbonyl (C=S) groups is 1. The van der Waals surface area contributed by atoms with Crippen LogP contribution >= 0.6 is 23.8 Å². The molecular weight excluding hydrogens is 335 g/mol. The van der Waals surface area contributed by atoms with Crippen molar-refractivity contribution in [1.82, 2.24) is 0 Å². The molecular formula is C13H10ClFN2O2S2. The lowest BCUT2D eigenvalue weighted by atomic mass is 10.2. The van der Waals surface area contributed by atoms with Gasteiger partial charge in [-0.15, -0.1) is 0 Å². The molecule has 0 spiro atoms. The highest BCUT2D eigenvalue weighted by atomic mass is 35.5. The molecule has 0 bridgehead atoms. The summed E-state index contributed by atoms with van der Waals surface area (Å²) in [4.78, 5) is -0.366. The Balaban J connectivity index is 2.50. The number of benzene rings is 2. The lowest BCUT2D eigenvalue weighted by Crippen LogP contribution is -2.19. The normalized spacial score (nSPS) is 11.1. The molecule has 2 rings (SSSR count). The predicted octanol–water partition coefficient (Wildman–Crippen LogP) is 2.91. The van der Waals surface area contributed by atoms with Gasteiger partial charge in [0.05, 0.1) is 16.3 Å². The standard InChI is InChI=1S/C13H10ClFN2O2S2/c14-8-4-1-2-7-11(8)21(18,19)17-10-6-3-5-9(15)12(10)13(16)20/h1-7,17H,(H2,16,20). The molecule has 0 fully saturated rings. The molecule has 0 radical (unpaired) electrons. The maximum atomic E-state index is 13.7. The second kappa shape index (κ2) is 5.97. The van der Waals surface area contributed by atoms with E-state index in [4.69, 9.17) is 29.6 Å². The first-order chi connectivity index (χ1) is 9.83. The minimum atomic E-state index is -3.98. The van der Waals surface area contributed by atoms with Crippen LogP contribution in [0.1, 0.15) is 5.56 Å². The van der Waals surface area contributed by atoms with E-state index in [2.05, 4.69) is 4.72 Å². The van der Waals surface area contributed by atoms with E-state index in [0.717, 1.165) is 6.07 Å². The third-order valence-electron chi connectivity index (χ3n) is 2.63. The van der Waals surface area contributed by atoms with Crippen molar-refractivity contribution in [3.05, 3.63) is 58.9 Å². The minimum absolute atomic E-state index is 0.0394. The molecule has 21 heavy (non-hydrogen) atoms. The van der Waals surface area contributed by atoms with Crippen LogP contribution in [0, 0.1) is 5.82 Å². The van der Waals surface area contributed by atoms with Gasteiger partial charge in [-0.2, -0.15) is 0 Å². The van der Waals surface area contributed by atoms with Gasteiger partial charge in [0.1, 0.15) is 15.7 Å². The molecule has 0 aliphatic heterocycles. The summed E-state index contributed by atoms with van der Waals surface area (Å²) in [6.45, 7) is 0. The Hall–Kier alpha value is -1.70. The first-order valence-corrected chi connectivity index (χ1v) is 7.95. The van der Waals surface area contributed by atoms with Crippen LogP contribution < -0.4 is 10.5 Å². The van der Waals surface area contributed by atoms with Crippen molar-refractivity contribution < 1.29 is 12.8 Å². The Kier molecular flexibility index (Phi) is 4.46. The van der Waals surface area contributed by atoms with Crippen LogP contribution in [-0.4, -0.2) is 13.4 Å². The maximum absolute atomic E-state index is 13.7. The summed E-state index contributed by atoms with van der Waals surface area (Å²) < 4.78 is 40.6. The number of hydrogen-bond donors (Lipinski definition) is 2. The molecule has 0 saturated carbocycles. The summed E-state index contributed by atoms with van der Waals surface area (Å²) in [6.07, 6.45) is 0. The summed E-state index contributed by atoms with van der Waals surface area (Å²) in [5.74, 6) is -0.707. The molecule has 0 saturated heterocycles. The van der Waals surface area contributed by atoms with Crippen molar-refractivity contribution in [3.63, 3.8) is 0 Å². The Labute approximate surface area is 131 Å². The van der Waals surface area contributed by atoms with Gasteiger partial charge in [0, 0.05) is 0 Å². The van der Waals surface area contributed by atoms with E-state index in [-0.39, 0.29) is 26.2 Å². The van der Waals surface area contributed by atoms with Gasteiger partial charge < -0.3 is 5.73 Å². The van der Waals surface area contributed by atoms with Crippen molar-refractivity contribution in [2.24, 2.45) is 5.73 Å². The number of halogens is 2. The zero-order valence-corrected chi connectivity index (χ0v) is 12.9. The fourth-order valence-electron chi connectivity index (χ4n) is 1.72. The third-order valence-corrected chi connectivity index (χ3v) is 4.70. The van der Waals surface area contributed by atoms with Gasteiger partial charge in [-0.05, 0) is 24.3 Å². The highest BCUT2D eigenvalue weighted by molar-refractivity contribution is 7.92. The Morgan fingerprint density at radius 1 is 1.19 bits per heavy atom. The van der Waals surface area contributed by atoms with Crippen molar-refractivity contribution in [2.75, 3.05) is 4.72 Å². The van der Waals surface area contributed by atoms with E-state index < -0.39 is 15.8 Å². The molecule has 0 unspecified atom stereocenters. The number of nitrogens with one attached hydrogen (secondary N) is 1. The molecule has 0 amide bonds. The van der Waals surface area contributed by atoms with E-state index in [0.29, 0.717) is 0 Å². The average molecular weight is 345 g/mol. The van der Waals surface area contributed by atoms with Crippen LogP contribution in [0.25, 0.3) is 0 Å². The lowest BCUT2D eigenvalue weighted by Gasteiger charge is -2.13. The molecule has 2 aromatic rings. The summed E-state index contributed by atoms with van der Waals surface area (Å²) >= 11 is 10.6. The van der Waals surface area contributed by atoms with Crippen LogP contribution in [-0.2, 0) is 10.0 Å². The Bertz CT molecular complexity index is 810. The van der Waals surface area contributed by atoms with E-state index in [1.54, 1.807) is 6.07 Å². The summed E-state index contributed by atoms with van der Waals surface area (Å²) in [7, 11) is -3.98. The van der Waals surface area contributed by atoms with E-state index >= 15 is 0 Å². The molecule has 2 aromatic carbocycles. The molecule has 0 heterocycles. The van der Waals surface area contributed by atoms with Crippen LogP contribution in [0.3, 0.4) is 0 Å². The minimum Gasteiger partial charge on any atom is -0.389 e. The number of hydrogen-bond acceptors (Lipinski definition) is 3. The first kappa shape index (κ1) is 15.7. The molecule has 0 aliphatic carbocycles. The zero-order chi connectivity index (χ0) is 15.6. The molecule has 3 N–H and O–H groups in total. The summed E-state index contributed by atoms with van der Waals surface area (Å²) in [5, 5.41) is 0.0540. The van der Waals surface area contributed by atoms with Crippen LogP contribution in [0.4, 0.5) is 10.1 Å². The molecule has 0 aromatic heterocycles. The van der Waals surface area contributed by atoms with E-state index in [9.17, 15) is 12.8 Å². The largest absolute Gasteiger partial charge is 0.389 e. The van der Waals surface area contributed by atoms with Crippen molar-refractivity contribution in [1.29, 1.82) is 0 Å². The molecule has 110 valence electrons. The Morgan fingerprint density at radius 3 is 2.48 bits per heavy atom. The quantitative estimate of drug-likeness (QED) is 0.836. The fourth-order valence-corrected chi connectivity index (χ4v) is 3.52. The number of nitrogens with two attached hydrogens (primary N) is 1. The van der Waals surface area contributed by atoms with Gasteiger partial charge in [-0.1, -0.05) is 42.0 Å². The van der Waals surface area contributed by atoms with Crippen LogP contribution in [0.5, 0.6) is 0 Å². The van der Waals surface area contributed by atoms with Gasteiger partial charge in [-0.25, -0.2) is 12.8 Å². The number of anilines is 1. The van der Waals surface area contributed by atoms with Gasteiger partial charge in [0.25, 0.3) is 10.0 Å². The zero-order valence-electron chi connectivity index (χ0n) is 10.5. The second-order valence-electron chi connectivity index (χ2n) is 4.06. The molecule has 8 heteroatoms. The van der Waals surface area contributed by atoms with E-state index in [1.165, 1.54) is 30.3 Å². The molecule has 0 atom stereocenters. The van der Waals surface area contributed by atoms with Gasteiger partial charge in [-0.3, -0.25) is 4.72 Å². The first-order valence-electron chi connectivity index (χ1n) is 5.68. The maximum Gasteiger partial charge on any atom is 0.263 e. The highest BCUT2D eigenvalue weighted by Crippen LogP contribution is 2.26. The SMILES string of the molecule is NC(=S)c1c(F)cccc1NS(=O)(=O)c1ccccc1Cl. The van der Waals surface area contributed by atoms with Crippen LogP contribution in [0.2, 0.25) is 5.02 Å². The van der Waals surface area contributed by atoms with Crippen LogP contribution in [0.15, 0.2) is 47.4 Å². The van der Waals surface area contributed by atoms with Gasteiger partial charge in [0.15, 0.2) is 0 Å². The van der Waals surface area contributed by atoms with Gasteiger partial charge in [0.2, 0.25) is 0 Å². The number of sulfonamides is 1. The van der Waals surface area contributed by atoms with Crippen molar-refractivity contribution in [3.8, 4) is 0 Å². The Morgan fingerprint density at radius 2 is 1.86 bits per heavy atom. The predicted molar refractivity (Wildman–Crippen MR) is 84.5 cm³/mol. The number of rotatable bonds is 4. The molecule has 0 aliphatic rings. The monoisotopic (exact) mass is 344 g/mol. The topological polar surface area (TPSA) is 72.2 Å². The third kappa shape index (κ3) is 3.31. The van der Waals surface area contributed by atoms with E-state index in [1.807, 2.05) is 0 Å². The smallest absolute Gasteiger partial charge is 0.263 e. The fraction of sp³-hybridized carbons (Fsp3) is 0. The lowest BCUT2D eigenvalue weighted by molar-refractivity contribution is 0.601. The second-order valence-corrected chi connectivity index (χ2v) is 6.56. The summed E-state index contributed by atoms with van der Waals surface area (Å²) in [6, 6.07) is 9.76. The van der Waals surface area contributed by atoms with Crippen molar-refractivity contribution in [2.45, 2.75) is 4.90 Å².